The van der Waals surface area contributed by atoms with Crippen LogP contribution in [-0.2, 0) is 4.74 Å². The number of hydrogen-bond acceptors (Lipinski definition) is 4. The van der Waals surface area contributed by atoms with Crippen LogP contribution in [0.2, 0.25) is 0 Å². The van der Waals surface area contributed by atoms with Crippen LogP contribution >= 0.6 is 35.3 Å². The second-order valence-corrected chi connectivity index (χ2v) is 5.77. The Hall–Kier alpha value is -0.870. The van der Waals surface area contributed by atoms with Gasteiger partial charge in [-0.25, -0.2) is 0 Å². The summed E-state index contributed by atoms with van der Waals surface area (Å²) in [5, 5.41) is 11.3. The van der Waals surface area contributed by atoms with Crippen molar-refractivity contribution >= 4 is 47.2 Å². The van der Waals surface area contributed by atoms with Crippen LogP contribution in [0.15, 0.2) is 22.5 Å². The van der Waals surface area contributed by atoms with E-state index < -0.39 is 0 Å². The smallest absolute Gasteiger partial charge is 0.261 e. The summed E-state index contributed by atoms with van der Waals surface area (Å²) in [7, 11) is 0. The molecule has 0 atom stereocenters. The summed E-state index contributed by atoms with van der Waals surface area (Å²) in [6.07, 6.45) is 1.77. The number of thiophene rings is 1. The lowest BCUT2D eigenvalue weighted by atomic mass is 10.4. The van der Waals surface area contributed by atoms with Crippen molar-refractivity contribution in [1.82, 2.24) is 16.0 Å². The molecule has 0 radical (unpaired) electrons. The molecule has 0 aliphatic rings. The molecule has 0 spiro atoms. The zero-order chi connectivity index (χ0) is 16.8. The third kappa shape index (κ3) is 10.8. The fraction of sp³-hybridized carbons (Fsp3) is 0.625. The molecular weight excluding hydrogens is 439 g/mol. The van der Waals surface area contributed by atoms with Crippen molar-refractivity contribution in [3.05, 3.63) is 22.4 Å². The van der Waals surface area contributed by atoms with Crippen molar-refractivity contribution in [2.75, 3.05) is 39.4 Å². The van der Waals surface area contributed by atoms with Crippen molar-refractivity contribution in [2.24, 2.45) is 4.99 Å². The number of hydrogen-bond donors (Lipinski definition) is 3. The first-order chi connectivity index (χ1) is 11.3. The van der Waals surface area contributed by atoms with Crippen molar-refractivity contribution in [1.29, 1.82) is 0 Å². The van der Waals surface area contributed by atoms with Gasteiger partial charge in [-0.15, -0.1) is 35.3 Å². The fourth-order valence-corrected chi connectivity index (χ4v) is 2.47. The lowest BCUT2D eigenvalue weighted by Crippen LogP contribution is -2.38. The van der Waals surface area contributed by atoms with Gasteiger partial charge in [0.2, 0.25) is 0 Å². The number of rotatable bonds is 11. The van der Waals surface area contributed by atoms with Crippen LogP contribution in [0, 0.1) is 0 Å². The molecule has 1 rings (SSSR count). The molecule has 1 amide bonds. The second-order valence-electron chi connectivity index (χ2n) is 4.82. The van der Waals surface area contributed by atoms with E-state index in [1.165, 1.54) is 11.3 Å². The molecular formula is C16H29IN4O2S. The Kier molecular flexibility index (Phi) is 15.1. The molecule has 3 N–H and O–H groups in total. The zero-order valence-electron chi connectivity index (χ0n) is 14.5. The van der Waals surface area contributed by atoms with Crippen LogP contribution in [0.1, 0.15) is 36.4 Å². The number of guanidine groups is 1. The number of nitrogens with zero attached hydrogens (tertiary/aromatic N) is 1. The molecule has 0 aliphatic carbocycles. The molecule has 0 fully saturated rings. The Labute approximate surface area is 165 Å². The average molecular weight is 468 g/mol. The number of ether oxygens (including phenoxy) is 1. The molecule has 138 valence electrons. The molecule has 1 aromatic rings. The van der Waals surface area contributed by atoms with Gasteiger partial charge in [-0.2, -0.15) is 0 Å². The maximum Gasteiger partial charge on any atom is 0.261 e. The molecule has 8 heteroatoms. The summed E-state index contributed by atoms with van der Waals surface area (Å²) >= 11 is 1.45. The number of aliphatic imine (C=N–C) groups is 1. The van der Waals surface area contributed by atoms with Crippen molar-refractivity contribution in [3.63, 3.8) is 0 Å². The van der Waals surface area contributed by atoms with Crippen molar-refractivity contribution < 1.29 is 9.53 Å². The Morgan fingerprint density at radius 3 is 2.67 bits per heavy atom. The first kappa shape index (κ1) is 23.1. The maximum atomic E-state index is 11.8. The summed E-state index contributed by atoms with van der Waals surface area (Å²) in [6.45, 7) is 8.51. The summed E-state index contributed by atoms with van der Waals surface area (Å²) in [5.74, 6) is 0.804. The van der Waals surface area contributed by atoms with Gasteiger partial charge in [-0.05, 0) is 38.1 Å². The minimum absolute atomic E-state index is 0. The molecule has 1 heterocycles. The number of carbonyl (C=O) groups excluding carboxylic acids is 1. The summed E-state index contributed by atoms with van der Waals surface area (Å²) in [6, 6.07) is 3.71. The van der Waals surface area contributed by atoms with Crippen LogP contribution in [-0.4, -0.2) is 51.3 Å². The lowest BCUT2D eigenvalue weighted by molar-refractivity contribution is 0.0957. The Morgan fingerprint density at radius 2 is 2.00 bits per heavy atom. The second kappa shape index (κ2) is 15.6. The normalized spacial score (nSPS) is 10.8. The van der Waals surface area contributed by atoms with E-state index in [9.17, 15) is 4.79 Å². The first-order valence-electron chi connectivity index (χ1n) is 8.19. The van der Waals surface area contributed by atoms with Crippen LogP contribution in [0.5, 0.6) is 0 Å². The molecule has 1 aromatic heterocycles. The van der Waals surface area contributed by atoms with Crippen LogP contribution in [0.3, 0.4) is 0 Å². The van der Waals surface area contributed by atoms with Crippen molar-refractivity contribution in [3.8, 4) is 0 Å². The highest BCUT2D eigenvalue weighted by Crippen LogP contribution is 2.07. The fourth-order valence-electron chi connectivity index (χ4n) is 1.83. The van der Waals surface area contributed by atoms with E-state index >= 15 is 0 Å². The Bertz CT molecular complexity index is 455. The standard InChI is InChI=1S/C16H28N4O2S.HI/c1-3-17-16(20-11-7-12-22-4-2)19-10-6-9-18-15(21)14-8-5-13-23-14;/h5,8,13H,3-4,6-7,9-12H2,1-2H3,(H,18,21)(H2,17,19,20);1H. The van der Waals surface area contributed by atoms with E-state index in [0.717, 1.165) is 50.0 Å². The highest BCUT2D eigenvalue weighted by molar-refractivity contribution is 14.0. The molecule has 0 saturated carbocycles. The summed E-state index contributed by atoms with van der Waals surface area (Å²) in [4.78, 5) is 17.0. The van der Waals surface area contributed by atoms with Gasteiger partial charge in [0, 0.05) is 39.4 Å². The Morgan fingerprint density at radius 1 is 1.21 bits per heavy atom. The molecule has 0 aromatic carbocycles. The number of carbonyl (C=O) groups is 1. The molecule has 24 heavy (non-hydrogen) atoms. The summed E-state index contributed by atoms with van der Waals surface area (Å²) < 4.78 is 5.30. The van der Waals surface area contributed by atoms with Gasteiger partial charge in [0.25, 0.3) is 5.91 Å². The van der Waals surface area contributed by atoms with Crippen LogP contribution < -0.4 is 16.0 Å². The van der Waals surface area contributed by atoms with Gasteiger partial charge in [0.05, 0.1) is 4.88 Å². The van der Waals surface area contributed by atoms with Crippen LogP contribution in [0.25, 0.3) is 0 Å². The number of halogens is 1. The van der Waals surface area contributed by atoms with E-state index in [1.54, 1.807) is 0 Å². The van der Waals surface area contributed by atoms with Crippen LogP contribution in [0.4, 0.5) is 0 Å². The SMILES string of the molecule is CCNC(=NCCCNC(=O)c1cccs1)NCCCOCC.I. The largest absolute Gasteiger partial charge is 0.382 e. The minimum atomic E-state index is -0.00932. The predicted octanol–water partition coefficient (Wildman–Crippen LogP) is 2.47. The van der Waals surface area contributed by atoms with Gasteiger partial charge >= 0.3 is 0 Å². The molecule has 0 bridgehead atoms. The van der Waals surface area contributed by atoms with E-state index in [1.807, 2.05) is 31.4 Å². The van der Waals surface area contributed by atoms with Gasteiger partial charge in [-0.1, -0.05) is 6.07 Å². The Balaban J connectivity index is 0.00000529. The topological polar surface area (TPSA) is 74.8 Å². The van der Waals surface area contributed by atoms with E-state index in [2.05, 4.69) is 20.9 Å². The highest BCUT2D eigenvalue weighted by atomic mass is 127. The van der Waals surface area contributed by atoms with Gasteiger partial charge in [0.1, 0.15) is 0 Å². The van der Waals surface area contributed by atoms with Gasteiger partial charge in [-0.3, -0.25) is 9.79 Å². The number of nitrogens with one attached hydrogen (secondary N) is 3. The summed E-state index contributed by atoms with van der Waals surface area (Å²) in [5.41, 5.74) is 0. The maximum absolute atomic E-state index is 11.8. The minimum Gasteiger partial charge on any atom is -0.382 e. The number of amides is 1. The predicted molar refractivity (Wildman–Crippen MR) is 112 cm³/mol. The third-order valence-corrected chi connectivity index (χ3v) is 3.81. The lowest BCUT2D eigenvalue weighted by Gasteiger charge is -2.11. The van der Waals surface area contributed by atoms with Gasteiger partial charge in [0.15, 0.2) is 5.96 Å². The monoisotopic (exact) mass is 468 g/mol. The zero-order valence-corrected chi connectivity index (χ0v) is 17.6. The van der Waals surface area contributed by atoms with E-state index in [-0.39, 0.29) is 29.9 Å². The van der Waals surface area contributed by atoms with Gasteiger partial charge < -0.3 is 20.7 Å². The van der Waals surface area contributed by atoms with Crippen molar-refractivity contribution in [2.45, 2.75) is 26.7 Å². The molecule has 0 saturated heterocycles. The first-order valence-corrected chi connectivity index (χ1v) is 9.07. The molecule has 6 nitrogen and oxygen atoms in total. The quantitative estimate of drug-likeness (QED) is 0.202. The highest BCUT2D eigenvalue weighted by Gasteiger charge is 2.04. The van der Waals surface area contributed by atoms with E-state index in [4.69, 9.17) is 4.74 Å². The molecule has 0 aliphatic heterocycles. The van der Waals surface area contributed by atoms with E-state index in [0.29, 0.717) is 13.1 Å². The average Bonchev–Trinajstić information content (AvgIpc) is 3.08. The third-order valence-electron chi connectivity index (χ3n) is 2.94. The molecule has 0 unspecified atom stereocenters.